The van der Waals surface area contributed by atoms with Crippen molar-refractivity contribution >= 4 is 26.5 Å². The quantitative estimate of drug-likeness (QED) is 0.648. The van der Waals surface area contributed by atoms with Crippen LogP contribution in [0.3, 0.4) is 0 Å². The van der Waals surface area contributed by atoms with Gasteiger partial charge in [0, 0.05) is 49.1 Å². The SMILES string of the molecule is Nc1ccc(S(=O)(=O)N2CCC(NCc3cncc4ccccc34)CC2)cc1. The first kappa shape index (κ1) is 18.9. The van der Waals surface area contributed by atoms with Gasteiger partial charge in [-0.25, -0.2) is 8.42 Å². The molecule has 1 aliphatic rings. The molecule has 7 heteroatoms. The molecule has 28 heavy (non-hydrogen) atoms. The van der Waals surface area contributed by atoms with Crippen LogP contribution in [0.4, 0.5) is 5.69 Å². The van der Waals surface area contributed by atoms with Crippen LogP contribution >= 0.6 is 0 Å². The molecule has 0 amide bonds. The van der Waals surface area contributed by atoms with E-state index in [1.54, 1.807) is 28.6 Å². The molecule has 2 heterocycles. The number of pyridine rings is 1. The summed E-state index contributed by atoms with van der Waals surface area (Å²) in [5.41, 5.74) is 7.38. The van der Waals surface area contributed by atoms with Crippen LogP contribution in [0.5, 0.6) is 0 Å². The van der Waals surface area contributed by atoms with E-state index in [4.69, 9.17) is 5.73 Å². The molecule has 0 unspecified atom stereocenters. The lowest BCUT2D eigenvalue weighted by Crippen LogP contribution is -2.44. The molecule has 4 rings (SSSR count). The van der Waals surface area contributed by atoms with Crippen LogP contribution in [0.1, 0.15) is 18.4 Å². The number of nitrogens with one attached hydrogen (secondary N) is 1. The van der Waals surface area contributed by atoms with Crippen molar-refractivity contribution in [2.45, 2.75) is 30.3 Å². The topological polar surface area (TPSA) is 88.3 Å². The van der Waals surface area contributed by atoms with E-state index in [0.717, 1.165) is 30.3 Å². The number of fused-ring (bicyclic) bond motifs is 1. The number of nitrogens with two attached hydrogens (primary N) is 1. The standard InChI is InChI=1S/C21H24N4O2S/c22-18-5-7-20(8-6-18)28(26,27)25-11-9-19(10-12-25)24-15-17-14-23-13-16-3-1-2-4-21(16)17/h1-8,13-14,19,24H,9-12,15,22H2. The van der Waals surface area contributed by atoms with Gasteiger partial charge in [-0.1, -0.05) is 24.3 Å². The summed E-state index contributed by atoms with van der Waals surface area (Å²) in [4.78, 5) is 4.63. The van der Waals surface area contributed by atoms with Crippen LogP contribution in [0.15, 0.2) is 65.8 Å². The number of hydrogen-bond donors (Lipinski definition) is 2. The molecule has 0 atom stereocenters. The summed E-state index contributed by atoms with van der Waals surface area (Å²) >= 11 is 0. The van der Waals surface area contributed by atoms with Crippen molar-refractivity contribution in [1.82, 2.24) is 14.6 Å². The Bertz CT molecular complexity index is 1050. The summed E-state index contributed by atoms with van der Waals surface area (Å²) in [6, 6.07) is 14.9. The molecule has 3 aromatic rings. The van der Waals surface area contributed by atoms with E-state index in [-0.39, 0.29) is 6.04 Å². The van der Waals surface area contributed by atoms with Gasteiger partial charge in [-0.15, -0.1) is 0 Å². The molecule has 0 saturated carbocycles. The summed E-state index contributed by atoms with van der Waals surface area (Å²) in [5.74, 6) is 0. The van der Waals surface area contributed by atoms with E-state index in [9.17, 15) is 8.42 Å². The van der Waals surface area contributed by atoms with E-state index < -0.39 is 10.0 Å². The van der Waals surface area contributed by atoms with Gasteiger partial charge in [0.15, 0.2) is 0 Å². The smallest absolute Gasteiger partial charge is 0.243 e. The van der Waals surface area contributed by atoms with E-state index in [0.29, 0.717) is 23.7 Å². The predicted molar refractivity (Wildman–Crippen MR) is 111 cm³/mol. The van der Waals surface area contributed by atoms with Crippen LogP contribution in [0.25, 0.3) is 10.8 Å². The van der Waals surface area contributed by atoms with Gasteiger partial charge in [0.2, 0.25) is 10.0 Å². The van der Waals surface area contributed by atoms with Crippen molar-refractivity contribution in [2.75, 3.05) is 18.8 Å². The Kier molecular flexibility index (Phi) is 5.30. The van der Waals surface area contributed by atoms with E-state index in [1.165, 1.54) is 5.39 Å². The van der Waals surface area contributed by atoms with E-state index in [1.807, 2.05) is 24.5 Å². The highest BCUT2D eigenvalue weighted by molar-refractivity contribution is 7.89. The van der Waals surface area contributed by atoms with Gasteiger partial charge in [-0.2, -0.15) is 4.31 Å². The zero-order chi connectivity index (χ0) is 19.6. The molecule has 0 spiro atoms. The number of hydrogen-bond acceptors (Lipinski definition) is 5. The van der Waals surface area contributed by atoms with E-state index >= 15 is 0 Å². The fraction of sp³-hybridized carbons (Fsp3) is 0.286. The van der Waals surface area contributed by atoms with Crippen LogP contribution in [-0.2, 0) is 16.6 Å². The number of piperidine rings is 1. The van der Waals surface area contributed by atoms with Crippen molar-refractivity contribution in [2.24, 2.45) is 0 Å². The zero-order valence-electron chi connectivity index (χ0n) is 15.6. The maximum Gasteiger partial charge on any atom is 0.243 e. The lowest BCUT2D eigenvalue weighted by atomic mass is 10.0. The molecule has 146 valence electrons. The zero-order valence-corrected chi connectivity index (χ0v) is 16.4. The predicted octanol–water partition coefficient (Wildman–Crippen LogP) is 2.76. The average Bonchev–Trinajstić information content (AvgIpc) is 2.73. The average molecular weight is 397 g/mol. The second kappa shape index (κ2) is 7.87. The Morgan fingerprint density at radius 2 is 1.75 bits per heavy atom. The highest BCUT2D eigenvalue weighted by atomic mass is 32.2. The Labute approximate surface area is 165 Å². The number of sulfonamides is 1. The molecule has 1 saturated heterocycles. The second-order valence-electron chi connectivity index (χ2n) is 7.15. The van der Waals surface area contributed by atoms with Gasteiger partial charge < -0.3 is 11.1 Å². The van der Waals surface area contributed by atoms with Gasteiger partial charge in [-0.3, -0.25) is 4.98 Å². The number of rotatable bonds is 5. The number of nitrogen functional groups attached to an aromatic ring is 1. The minimum atomic E-state index is -3.46. The molecule has 2 aromatic carbocycles. The molecular formula is C21H24N4O2S. The Morgan fingerprint density at radius 3 is 2.50 bits per heavy atom. The first-order chi connectivity index (χ1) is 13.5. The molecular weight excluding hydrogens is 372 g/mol. The van der Waals surface area contributed by atoms with Gasteiger partial charge in [0.05, 0.1) is 4.90 Å². The first-order valence-electron chi connectivity index (χ1n) is 9.45. The Morgan fingerprint density at radius 1 is 1.04 bits per heavy atom. The third-order valence-corrected chi connectivity index (χ3v) is 7.22. The van der Waals surface area contributed by atoms with Crippen LogP contribution in [0.2, 0.25) is 0 Å². The Balaban J connectivity index is 1.37. The van der Waals surface area contributed by atoms with Crippen molar-refractivity contribution in [3.63, 3.8) is 0 Å². The first-order valence-corrected chi connectivity index (χ1v) is 10.9. The maximum atomic E-state index is 12.8. The summed E-state index contributed by atoms with van der Waals surface area (Å²) in [6.45, 7) is 1.75. The fourth-order valence-electron chi connectivity index (χ4n) is 3.66. The second-order valence-corrected chi connectivity index (χ2v) is 9.09. The number of benzene rings is 2. The molecule has 1 fully saturated rings. The van der Waals surface area contributed by atoms with E-state index in [2.05, 4.69) is 22.4 Å². The monoisotopic (exact) mass is 396 g/mol. The molecule has 0 bridgehead atoms. The van der Waals surface area contributed by atoms with Crippen molar-refractivity contribution in [3.8, 4) is 0 Å². The molecule has 1 aliphatic heterocycles. The van der Waals surface area contributed by atoms with Crippen molar-refractivity contribution in [3.05, 3.63) is 66.5 Å². The van der Waals surface area contributed by atoms with Crippen LogP contribution in [-0.4, -0.2) is 36.8 Å². The number of aromatic nitrogens is 1. The minimum Gasteiger partial charge on any atom is -0.399 e. The number of anilines is 1. The van der Waals surface area contributed by atoms with Crippen molar-refractivity contribution in [1.29, 1.82) is 0 Å². The third kappa shape index (κ3) is 3.87. The summed E-state index contributed by atoms with van der Waals surface area (Å²) < 4.78 is 27.1. The summed E-state index contributed by atoms with van der Waals surface area (Å²) in [7, 11) is -3.46. The van der Waals surface area contributed by atoms with Gasteiger partial charge in [-0.05, 0) is 48.1 Å². The van der Waals surface area contributed by atoms with Gasteiger partial charge in [0.1, 0.15) is 0 Å². The highest BCUT2D eigenvalue weighted by Gasteiger charge is 2.29. The highest BCUT2D eigenvalue weighted by Crippen LogP contribution is 2.22. The third-order valence-electron chi connectivity index (χ3n) is 5.30. The lowest BCUT2D eigenvalue weighted by molar-refractivity contribution is 0.288. The van der Waals surface area contributed by atoms with Crippen LogP contribution in [0, 0.1) is 0 Å². The number of nitrogens with zero attached hydrogens (tertiary/aromatic N) is 2. The maximum absolute atomic E-state index is 12.8. The molecule has 0 aliphatic carbocycles. The molecule has 0 radical (unpaired) electrons. The molecule has 6 nitrogen and oxygen atoms in total. The summed E-state index contributed by atoms with van der Waals surface area (Å²) in [6.07, 6.45) is 5.34. The largest absolute Gasteiger partial charge is 0.399 e. The van der Waals surface area contributed by atoms with Crippen molar-refractivity contribution < 1.29 is 8.42 Å². The molecule has 3 N–H and O–H groups in total. The molecule has 1 aromatic heterocycles. The lowest BCUT2D eigenvalue weighted by Gasteiger charge is -2.31. The fourth-order valence-corrected chi connectivity index (χ4v) is 5.13. The minimum absolute atomic E-state index is 0.289. The van der Waals surface area contributed by atoms with Crippen LogP contribution < -0.4 is 11.1 Å². The normalized spacial score (nSPS) is 16.4. The Hall–Kier alpha value is -2.48. The van der Waals surface area contributed by atoms with Gasteiger partial charge in [0.25, 0.3) is 0 Å². The van der Waals surface area contributed by atoms with Gasteiger partial charge >= 0.3 is 0 Å². The summed E-state index contributed by atoms with van der Waals surface area (Å²) in [5, 5.41) is 5.90.